The summed E-state index contributed by atoms with van der Waals surface area (Å²) in [5, 5.41) is 13.7. The molecular weight excluding hydrogens is 299 g/mol. The highest BCUT2D eigenvalue weighted by atomic mass is 31.2. The van der Waals surface area contributed by atoms with E-state index in [4.69, 9.17) is 0 Å². The summed E-state index contributed by atoms with van der Waals surface area (Å²) in [6, 6.07) is 31.1. The third kappa shape index (κ3) is 3.02. The number of benzene rings is 3. The Bertz CT molecular complexity index is 733. The predicted molar refractivity (Wildman–Crippen MR) is 103 cm³/mol. The third-order valence-corrected chi connectivity index (χ3v) is 7.86. The maximum absolute atomic E-state index is 10.0. The van der Waals surface area contributed by atoms with E-state index in [-0.39, 0.29) is 5.76 Å². The fourth-order valence-electron chi connectivity index (χ4n) is 2.88. The number of aliphatic hydroxyl groups excluding tert-OH is 1. The second kappa shape index (κ2) is 6.73. The van der Waals surface area contributed by atoms with E-state index in [9.17, 15) is 5.11 Å². The first-order chi connectivity index (χ1) is 11.2. The Labute approximate surface area is 137 Å². The van der Waals surface area contributed by atoms with E-state index in [2.05, 4.69) is 43.0 Å². The van der Waals surface area contributed by atoms with Crippen LogP contribution in [-0.2, 0) is 0 Å². The average molecular weight is 318 g/mol. The summed E-state index contributed by atoms with van der Waals surface area (Å²) in [6.45, 7) is 1.66. The lowest BCUT2D eigenvalue weighted by Gasteiger charge is -2.28. The molecule has 0 unspecified atom stereocenters. The lowest BCUT2D eigenvalue weighted by atomic mass is 10.4. The van der Waals surface area contributed by atoms with Crippen LogP contribution in [-0.4, -0.2) is 10.9 Å². The summed E-state index contributed by atoms with van der Waals surface area (Å²) < 4.78 is 0. The number of hydrogen-bond donors (Lipinski definition) is 1. The predicted octanol–water partition coefficient (Wildman–Crippen LogP) is 3.85. The molecule has 0 saturated carbocycles. The van der Waals surface area contributed by atoms with Gasteiger partial charge >= 0.3 is 0 Å². The molecule has 3 rings (SSSR count). The minimum atomic E-state index is -2.08. The number of allylic oxidation sites excluding steroid dienone is 1. The number of aliphatic hydroxyl groups is 1. The van der Waals surface area contributed by atoms with Crippen molar-refractivity contribution in [3.05, 3.63) is 103 Å². The molecule has 0 radical (unpaired) electrons. The van der Waals surface area contributed by atoms with Crippen LogP contribution in [0.2, 0.25) is 0 Å². The first-order valence-electron chi connectivity index (χ1n) is 7.53. The van der Waals surface area contributed by atoms with Gasteiger partial charge in [-0.25, -0.2) is 0 Å². The van der Waals surface area contributed by atoms with Crippen LogP contribution in [0, 0.1) is 0 Å². The minimum absolute atomic E-state index is 0.106. The van der Waals surface area contributed by atoms with E-state index in [0.29, 0.717) is 0 Å². The molecule has 0 aliphatic carbocycles. The van der Waals surface area contributed by atoms with Crippen molar-refractivity contribution in [1.82, 2.24) is 0 Å². The summed E-state index contributed by atoms with van der Waals surface area (Å²) in [6.07, 6.45) is 0. The number of hydrogen-bond acceptors (Lipinski definition) is 1. The molecule has 0 aliphatic heterocycles. The molecule has 3 aromatic rings. The Kier molecular flexibility index (Phi) is 4.50. The van der Waals surface area contributed by atoms with Crippen molar-refractivity contribution in [2.75, 3.05) is 0 Å². The normalized spacial score (nSPS) is 11.0. The summed E-state index contributed by atoms with van der Waals surface area (Å²) in [5.41, 5.74) is 0. The fraction of sp³-hybridized carbons (Fsp3) is 0. The summed E-state index contributed by atoms with van der Waals surface area (Å²) in [7, 11) is 0. The van der Waals surface area contributed by atoms with Gasteiger partial charge in [-0.3, -0.25) is 0 Å². The van der Waals surface area contributed by atoms with Crippen LogP contribution in [0.4, 0.5) is 0 Å². The second-order valence-corrected chi connectivity index (χ2v) is 8.60. The number of rotatable bonds is 4. The molecule has 0 heterocycles. The van der Waals surface area contributed by atoms with Crippen LogP contribution in [0.5, 0.6) is 0 Å². The molecule has 23 heavy (non-hydrogen) atoms. The minimum Gasteiger partial charge on any atom is -0.509 e. The fourth-order valence-corrected chi connectivity index (χ4v) is 6.60. The molecule has 114 valence electrons. The van der Waals surface area contributed by atoms with E-state index in [0.717, 1.165) is 0 Å². The van der Waals surface area contributed by atoms with Gasteiger partial charge in [0.05, 0.1) is 0 Å². The Morgan fingerprint density at radius 1 is 0.652 bits per heavy atom. The standard InChI is InChI=1S/C21H19OP/c1-18(22)17-23(19-11-5-2-6-12-19,20-13-7-3-8-14-20)21-15-9-4-10-16-21/h2-17,22H,1H2. The van der Waals surface area contributed by atoms with E-state index in [1.807, 2.05) is 60.4 Å². The molecule has 1 nitrogen and oxygen atoms in total. The molecule has 2 heteroatoms. The van der Waals surface area contributed by atoms with Crippen molar-refractivity contribution in [3.63, 3.8) is 0 Å². The van der Waals surface area contributed by atoms with E-state index < -0.39 is 6.89 Å². The average Bonchev–Trinajstić information content (AvgIpc) is 2.62. The summed E-state index contributed by atoms with van der Waals surface area (Å²) in [5.74, 6) is 2.04. The van der Waals surface area contributed by atoms with Crippen LogP contribution in [0.3, 0.4) is 0 Å². The smallest absolute Gasteiger partial charge is 0.109 e. The molecule has 0 amide bonds. The Morgan fingerprint density at radius 2 is 0.957 bits per heavy atom. The van der Waals surface area contributed by atoms with Crippen LogP contribution in [0.15, 0.2) is 103 Å². The quantitative estimate of drug-likeness (QED) is 0.572. The third-order valence-electron chi connectivity index (χ3n) is 3.83. The van der Waals surface area contributed by atoms with E-state index >= 15 is 0 Å². The van der Waals surface area contributed by atoms with Gasteiger partial charge in [-0.05, 0) is 28.6 Å². The Hall–Kier alpha value is -2.50. The van der Waals surface area contributed by atoms with Crippen molar-refractivity contribution in [2.45, 2.75) is 0 Å². The van der Waals surface area contributed by atoms with Crippen molar-refractivity contribution in [2.24, 2.45) is 0 Å². The maximum Gasteiger partial charge on any atom is 0.109 e. The van der Waals surface area contributed by atoms with Gasteiger partial charge in [0.25, 0.3) is 0 Å². The monoisotopic (exact) mass is 318 g/mol. The van der Waals surface area contributed by atoms with Crippen LogP contribution < -0.4 is 15.9 Å². The largest absolute Gasteiger partial charge is 0.509 e. The SMILES string of the molecule is C=C(O)C=P(c1ccccc1)(c1ccccc1)c1ccccc1. The van der Waals surface area contributed by atoms with Crippen molar-refractivity contribution in [1.29, 1.82) is 0 Å². The molecule has 0 bridgehead atoms. The first-order valence-corrected chi connectivity index (χ1v) is 9.38. The van der Waals surface area contributed by atoms with Crippen molar-refractivity contribution < 1.29 is 5.11 Å². The van der Waals surface area contributed by atoms with Crippen LogP contribution >= 0.6 is 6.89 Å². The molecular formula is C21H19OP. The highest BCUT2D eigenvalue weighted by Crippen LogP contribution is 2.44. The first kappa shape index (κ1) is 15.4. The van der Waals surface area contributed by atoms with Gasteiger partial charge in [0.1, 0.15) is 5.76 Å². The van der Waals surface area contributed by atoms with Gasteiger partial charge < -0.3 is 5.11 Å². The molecule has 0 atom stereocenters. The maximum atomic E-state index is 10.0. The van der Waals surface area contributed by atoms with Crippen LogP contribution in [0.1, 0.15) is 0 Å². The summed E-state index contributed by atoms with van der Waals surface area (Å²) in [4.78, 5) is 0. The highest BCUT2D eigenvalue weighted by Gasteiger charge is 2.24. The summed E-state index contributed by atoms with van der Waals surface area (Å²) >= 11 is 0. The molecule has 0 saturated heterocycles. The zero-order valence-corrected chi connectivity index (χ0v) is 13.7. The molecule has 1 N–H and O–H groups in total. The highest BCUT2D eigenvalue weighted by molar-refractivity contribution is 7.94. The zero-order valence-electron chi connectivity index (χ0n) is 12.8. The topological polar surface area (TPSA) is 20.2 Å². The van der Waals surface area contributed by atoms with Gasteiger partial charge in [-0.1, -0.05) is 97.6 Å². The van der Waals surface area contributed by atoms with E-state index in [1.54, 1.807) is 0 Å². The lowest BCUT2D eigenvalue weighted by Crippen LogP contribution is -2.27. The van der Waals surface area contributed by atoms with Gasteiger partial charge in [0.2, 0.25) is 0 Å². The van der Waals surface area contributed by atoms with E-state index in [1.165, 1.54) is 15.9 Å². The Balaban J connectivity index is 2.43. The van der Waals surface area contributed by atoms with Gasteiger partial charge in [-0.2, -0.15) is 0 Å². The molecule has 0 spiro atoms. The zero-order chi connectivity index (χ0) is 16.1. The molecule has 3 aromatic carbocycles. The van der Waals surface area contributed by atoms with Gasteiger partial charge in [0.15, 0.2) is 0 Å². The van der Waals surface area contributed by atoms with Crippen LogP contribution in [0.25, 0.3) is 0 Å². The van der Waals surface area contributed by atoms with Crippen molar-refractivity contribution in [3.8, 4) is 0 Å². The van der Waals surface area contributed by atoms with Gasteiger partial charge in [-0.15, -0.1) is 0 Å². The van der Waals surface area contributed by atoms with Crippen molar-refractivity contribution >= 4 is 28.6 Å². The molecule has 0 fully saturated rings. The molecule has 0 aliphatic rings. The molecule has 0 aromatic heterocycles. The lowest BCUT2D eigenvalue weighted by molar-refractivity contribution is 0.450. The van der Waals surface area contributed by atoms with Gasteiger partial charge in [0, 0.05) is 0 Å². The second-order valence-electron chi connectivity index (χ2n) is 5.35. The Morgan fingerprint density at radius 3 is 1.22 bits per heavy atom.